The average molecular weight is 530 g/mol. The van der Waals surface area contributed by atoms with E-state index in [0.717, 1.165) is 12.3 Å². The smallest absolute Gasteiger partial charge is 0.268 e. The van der Waals surface area contributed by atoms with Crippen LogP contribution in [0.5, 0.6) is 17.2 Å². The highest BCUT2D eigenvalue weighted by Gasteiger charge is 2.35. The molecule has 8 nitrogen and oxygen atoms in total. The summed E-state index contributed by atoms with van der Waals surface area (Å²) in [4.78, 5) is 25.5. The van der Waals surface area contributed by atoms with Crippen LogP contribution in [0.1, 0.15) is 30.6 Å². The van der Waals surface area contributed by atoms with Gasteiger partial charge in [0.2, 0.25) is 0 Å². The highest BCUT2D eigenvalue weighted by Crippen LogP contribution is 2.34. The molecular weight excluding hydrogens is 490 g/mol. The summed E-state index contributed by atoms with van der Waals surface area (Å²) in [5.74, 6) is 1.52. The summed E-state index contributed by atoms with van der Waals surface area (Å²) in [5, 5.41) is 0. The lowest BCUT2D eigenvalue weighted by molar-refractivity contribution is -0.137. The average Bonchev–Trinajstić information content (AvgIpc) is 3.22. The molecule has 9 heteroatoms. The van der Waals surface area contributed by atoms with Gasteiger partial charge in [0.25, 0.3) is 5.91 Å². The number of hydrogen-bond acceptors (Lipinski definition) is 7. The number of carbonyl (C=O) groups excluding carboxylic acids is 2. The van der Waals surface area contributed by atoms with Crippen LogP contribution in [0.25, 0.3) is 0 Å². The topological polar surface area (TPSA) is 83.5 Å². The van der Waals surface area contributed by atoms with Crippen molar-refractivity contribution in [2.75, 3.05) is 38.6 Å². The van der Waals surface area contributed by atoms with Crippen molar-refractivity contribution in [2.24, 2.45) is 0 Å². The molecule has 0 saturated carbocycles. The molecule has 1 fully saturated rings. The Labute approximate surface area is 220 Å². The van der Waals surface area contributed by atoms with E-state index >= 15 is 0 Å². The quantitative estimate of drug-likeness (QED) is 0.144. The third-order valence-corrected chi connectivity index (χ3v) is 7.72. The normalized spacial score (nSPS) is 16.1. The van der Waals surface area contributed by atoms with Crippen molar-refractivity contribution in [3.8, 4) is 17.2 Å². The molecule has 202 valence electrons. The lowest BCUT2D eigenvalue weighted by Crippen LogP contribution is -2.33. The number of nitrogens with zero attached hydrogens (tertiary/aromatic N) is 1. The van der Waals surface area contributed by atoms with Gasteiger partial charge >= 0.3 is 0 Å². The molecule has 1 saturated heterocycles. The fourth-order valence-corrected chi connectivity index (χ4v) is 4.44. The number of carbonyl (C=O) groups is 2. The van der Waals surface area contributed by atoms with Gasteiger partial charge in [-0.3, -0.25) is 9.59 Å². The number of benzene rings is 2. The summed E-state index contributed by atoms with van der Waals surface area (Å²) in [7, 11) is 0.442. The second kappa shape index (κ2) is 12.6. The van der Waals surface area contributed by atoms with Crippen molar-refractivity contribution in [2.45, 2.75) is 57.7 Å². The summed E-state index contributed by atoms with van der Waals surface area (Å²) >= 11 is 0. The molecule has 37 heavy (non-hydrogen) atoms. The monoisotopic (exact) mass is 529 g/mol. The Hall–Kier alpha value is -2.88. The zero-order valence-electron chi connectivity index (χ0n) is 22.7. The predicted octanol–water partition coefficient (Wildman–Crippen LogP) is 5.18. The van der Waals surface area contributed by atoms with Gasteiger partial charge in [0.05, 0.1) is 12.7 Å². The van der Waals surface area contributed by atoms with Crippen LogP contribution in [0.3, 0.4) is 0 Å². The van der Waals surface area contributed by atoms with Gasteiger partial charge in [0.15, 0.2) is 17.6 Å². The van der Waals surface area contributed by atoms with Gasteiger partial charge in [-0.25, -0.2) is 0 Å². The van der Waals surface area contributed by atoms with Gasteiger partial charge < -0.3 is 28.6 Å². The van der Waals surface area contributed by atoms with E-state index in [1.165, 1.54) is 0 Å². The van der Waals surface area contributed by atoms with Crippen LogP contribution in [-0.4, -0.2) is 65.6 Å². The molecule has 2 aromatic rings. The van der Waals surface area contributed by atoms with Gasteiger partial charge in [-0.1, -0.05) is 19.6 Å². The highest BCUT2D eigenvalue weighted by atomic mass is 28.3. The standard InChI is InChI=1S/C28H39NO7Si/c1-28(2,35-20-33-15-16-37(4,5)6)19-34-24-12-9-22(17-26(24)32-3)29-14-13-25(27(29)31)36-23-10-7-21(18-30)8-11-23/h7-12,17-18,25H,13-16,19-20H2,1-6H3. The molecule has 0 spiro atoms. The second-order valence-corrected chi connectivity index (χ2v) is 16.6. The zero-order valence-corrected chi connectivity index (χ0v) is 23.7. The third kappa shape index (κ3) is 8.58. The first-order valence-electron chi connectivity index (χ1n) is 12.6. The first kappa shape index (κ1) is 28.7. The van der Waals surface area contributed by atoms with E-state index in [0.29, 0.717) is 54.7 Å². The lowest BCUT2D eigenvalue weighted by Gasteiger charge is -2.26. The van der Waals surface area contributed by atoms with Crippen LogP contribution in [0.2, 0.25) is 25.7 Å². The predicted molar refractivity (Wildman–Crippen MR) is 146 cm³/mol. The van der Waals surface area contributed by atoms with E-state index in [1.54, 1.807) is 48.4 Å². The molecule has 0 aromatic heterocycles. The first-order chi connectivity index (χ1) is 17.5. The molecule has 0 bridgehead atoms. The molecule has 2 aromatic carbocycles. The van der Waals surface area contributed by atoms with Crippen LogP contribution >= 0.6 is 0 Å². The minimum absolute atomic E-state index is 0.126. The van der Waals surface area contributed by atoms with E-state index in [9.17, 15) is 9.59 Å². The van der Waals surface area contributed by atoms with Crippen LogP contribution in [0, 0.1) is 0 Å². The molecule has 1 heterocycles. The minimum Gasteiger partial charge on any atom is -0.493 e. The number of rotatable bonds is 14. The SMILES string of the molecule is COc1cc(N2CCC(Oc3ccc(C=O)cc3)C2=O)ccc1OCC(C)(C)OCOCC[Si](C)(C)C. The summed E-state index contributed by atoms with van der Waals surface area (Å²) in [6.07, 6.45) is 0.737. The molecule has 1 amide bonds. The molecule has 0 aliphatic carbocycles. The van der Waals surface area contributed by atoms with Gasteiger partial charge in [-0.05, 0) is 56.3 Å². The first-order valence-corrected chi connectivity index (χ1v) is 16.3. The summed E-state index contributed by atoms with van der Waals surface area (Å²) in [6.45, 7) is 12.6. The van der Waals surface area contributed by atoms with Crippen LogP contribution in [0.4, 0.5) is 5.69 Å². The molecule has 1 aliphatic rings. The maximum atomic E-state index is 13.0. The molecule has 1 unspecified atom stereocenters. The fraction of sp³-hybridized carbons (Fsp3) is 0.500. The molecule has 0 radical (unpaired) electrons. The molecule has 1 atom stereocenters. The van der Waals surface area contributed by atoms with Crippen molar-refractivity contribution in [1.29, 1.82) is 0 Å². The minimum atomic E-state index is -1.13. The van der Waals surface area contributed by atoms with Crippen molar-refractivity contribution in [1.82, 2.24) is 0 Å². The van der Waals surface area contributed by atoms with Gasteiger partial charge in [0, 0.05) is 45.0 Å². The van der Waals surface area contributed by atoms with Gasteiger partial charge in [-0.2, -0.15) is 0 Å². The largest absolute Gasteiger partial charge is 0.493 e. The maximum absolute atomic E-state index is 13.0. The van der Waals surface area contributed by atoms with E-state index in [4.69, 9.17) is 23.7 Å². The zero-order chi connectivity index (χ0) is 27.1. The van der Waals surface area contributed by atoms with Crippen molar-refractivity contribution >= 4 is 26.0 Å². The van der Waals surface area contributed by atoms with Crippen LogP contribution < -0.4 is 19.1 Å². The highest BCUT2D eigenvalue weighted by molar-refractivity contribution is 6.76. The Morgan fingerprint density at radius 2 is 1.81 bits per heavy atom. The van der Waals surface area contributed by atoms with Crippen molar-refractivity contribution < 1.29 is 33.3 Å². The Balaban J connectivity index is 1.54. The van der Waals surface area contributed by atoms with Crippen LogP contribution in [0.15, 0.2) is 42.5 Å². The van der Waals surface area contributed by atoms with E-state index in [-0.39, 0.29) is 12.7 Å². The summed E-state index contributed by atoms with van der Waals surface area (Å²) < 4.78 is 29.0. The number of amides is 1. The Morgan fingerprint density at radius 3 is 2.46 bits per heavy atom. The van der Waals surface area contributed by atoms with E-state index in [1.807, 2.05) is 19.9 Å². The molecule has 0 N–H and O–H groups in total. The fourth-order valence-electron chi connectivity index (χ4n) is 3.68. The number of methoxy groups -OCH3 is 1. The van der Waals surface area contributed by atoms with Crippen molar-refractivity contribution in [3.63, 3.8) is 0 Å². The van der Waals surface area contributed by atoms with E-state index < -0.39 is 19.8 Å². The summed E-state index contributed by atoms with van der Waals surface area (Å²) in [5.41, 5.74) is 0.715. The molecule has 3 rings (SSSR count). The Kier molecular flexibility index (Phi) is 9.75. The number of hydrogen-bond donors (Lipinski definition) is 0. The third-order valence-electron chi connectivity index (χ3n) is 6.01. The Morgan fingerprint density at radius 1 is 1.08 bits per heavy atom. The molecular formula is C28H39NO7Si. The number of ether oxygens (including phenoxy) is 5. The molecule has 1 aliphatic heterocycles. The van der Waals surface area contributed by atoms with Crippen LogP contribution in [-0.2, 0) is 14.3 Å². The van der Waals surface area contributed by atoms with Gasteiger partial charge in [0.1, 0.15) is 25.4 Å². The number of anilines is 1. The second-order valence-electron chi connectivity index (χ2n) is 10.9. The Bertz CT molecular complexity index is 1050. The number of aldehydes is 1. The summed E-state index contributed by atoms with van der Waals surface area (Å²) in [6, 6.07) is 13.2. The van der Waals surface area contributed by atoms with E-state index in [2.05, 4.69) is 19.6 Å². The lowest BCUT2D eigenvalue weighted by atomic mass is 10.1. The van der Waals surface area contributed by atoms with Crippen molar-refractivity contribution in [3.05, 3.63) is 48.0 Å². The maximum Gasteiger partial charge on any atom is 0.268 e. The van der Waals surface area contributed by atoms with Gasteiger partial charge in [-0.15, -0.1) is 0 Å².